The number of halogens is 1. The van der Waals surface area contributed by atoms with Gasteiger partial charge in [-0.1, -0.05) is 19.3 Å². The Balaban J connectivity index is 0.00000300. The average Bonchev–Trinajstić information content (AvgIpc) is 3.05. The van der Waals surface area contributed by atoms with Gasteiger partial charge in [0.15, 0.2) is 5.96 Å². The Labute approximate surface area is 197 Å². The molecule has 0 unspecified atom stereocenters. The molecule has 0 spiro atoms. The number of thiazole rings is 1. The third kappa shape index (κ3) is 7.04. The Hall–Kier alpha value is -0.450. The maximum Gasteiger partial charge on any atom is 0.191 e. The first-order valence-electron chi connectivity index (χ1n) is 10.9. The highest BCUT2D eigenvalue weighted by atomic mass is 127. The second-order valence-electron chi connectivity index (χ2n) is 8.01. The van der Waals surface area contributed by atoms with Crippen molar-refractivity contribution in [1.29, 1.82) is 0 Å². The molecule has 1 aliphatic heterocycles. The summed E-state index contributed by atoms with van der Waals surface area (Å²) in [5, 5.41) is 8.15. The second kappa shape index (κ2) is 12.4. The summed E-state index contributed by atoms with van der Waals surface area (Å²) in [6.45, 7) is 12.8. The van der Waals surface area contributed by atoms with Crippen LogP contribution in [0.3, 0.4) is 0 Å². The molecular formula is C21H38IN5OS. The van der Waals surface area contributed by atoms with E-state index in [0.29, 0.717) is 0 Å². The first-order valence-corrected chi connectivity index (χ1v) is 11.7. The van der Waals surface area contributed by atoms with Crippen LogP contribution in [-0.2, 0) is 11.2 Å². The van der Waals surface area contributed by atoms with Crippen molar-refractivity contribution in [3.63, 3.8) is 0 Å². The standard InChI is InChI=1S/C21H37N5OS.HI/c1-4-22-20(23-11-8-19-25-17(2)18(3)28-19)24-16-21(9-6-5-7-10-21)26-12-14-27-15-13-26;/h4-16H2,1-3H3,(H2,22,23,24);1H. The summed E-state index contributed by atoms with van der Waals surface area (Å²) in [6.07, 6.45) is 7.46. The maximum absolute atomic E-state index is 5.60. The van der Waals surface area contributed by atoms with Gasteiger partial charge in [0.1, 0.15) is 0 Å². The molecule has 6 nitrogen and oxygen atoms in total. The summed E-state index contributed by atoms with van der Waals surface area (Å²) in [4.78, 5) is 13.7. The second-order valence-corrected chi connectivity index (χ2v) is 9.29. The van der Waals surface area contributed by atoms with Gasteiger partial charge in [-0.2, -0.15) is 0 Å². The van der Waals surface area contributed by atoms with Crippen LogP contribution < -0.4 is 10.6 Å². The number of hydrogen-bond donors (Lipinski definition) is 2. The minimum atomic E-state index is 0. The zero-order valence-corrected chi connectivity index (χ0v) is 21.4. The fourth-order valence-corrected chi connectivity index (χ4v) is 5.26. The van der Waals surface area contributed by atoms with Gasteiger partial charge in [-0.25, -0.2) is 4.98 Å². The number of rotatable bonds is 7. The van der Waals surface area contributed by atoms with Gasteiger partial charge in [0.25, 0.3) is 0 Å². The summed E-state index contributed by atoms with van der Waals surface area (Å²) in [6, 6.07) is 0. The Morgan fingerprint density at radius 2 is 1.90 bits per heavy atom. The van der Waals surface area contributed by atoms with Crippen molar-refractivity contribution >= 4 is 41.3 Å². The molecule has 0 radical (unpaired) electrons. The van der Waals surface area contributed by atoms with E-state index in [4.69, 9.17) is 9.73 Å². The third-order valence-corrected chi connectivity index (χ3v) is 7.18. The molecule has 0 atom stereocenters. The van der Waals surface area contributed by atoms with Crippen molar-refractivity contribution in [2.45, 2.75) is 64.8 Å². The quantitative estimate of drug-likeness (QED) is 0.318. The number of nitrogens with zero attached hydrogens (tertiary/aromatic N) is 3. The average molecular weight is 536 g/mol. The normalized spacial score (nSPS) is 20.2. The van der Waals surface area contributed by atoms with Crippen LogP contribution in [0.1, 0.15) is 54.6 Å². The fourth-order valence-electron chi connectivity index (χ4n) is 4.32. The molecular weight excluding hydrogens is 497 g/mol. The van der Waals surface area contributed by atoms with Gasteiger partial charge < -0.3 is 15.4 Å². The molecule has 1 aromatic rings. The van der Waals surface area contributed by atoms with Crippen molar-refractivity contribution < 1.29 is 4.74 Å². The Morgan fingerprint density at radius 1 is 1.17 bits per heavy atom. The molecule has 2 aliphatic rings. The van der Waals surface area contributed by atoms with Gasteiger partial charge in [0.05, 0.1) is 30.5 Å². The van der Waals surface area contributed by atoms with Crippen LogP contribution in [-0.4, -0.2) is 67.3 Å². The van der Waals surface area contributed by atoms with E-state index >= 15 is 0 Å². The molecule has 1 saturated heterocycles. The van der Waals surface area contributed by atoms with Gasteiger partial charge in [-0.3, -0.25) is 9.89 Å². The molecule has 2 heterocycles. The molecule has 29 heavy (non-hydrogen) atoms. The molecule has 8 heteroatoms. The molecule has 1 aromatic heterocycles. The van der Waals surface area contributed by atoms with Gasteiger partial charge in [0, 0.05) is 43.0 Å². The Kier molecular flexibility index (Phi) is 10.6. The molecule has 1 saturated carbocycles. The first kappa shape index (κ1) is 24.8. The van der Waals surface area contributed by atoms with Crippen molar-refractivity contribution in [1.82, 2.24) is 20.5 Å². The number of ether oxygens (including phenoxy) is 1. The van der Waals surface area contributed by atoms with Crippen LogP contribution in [0.15, 0.2) is 4.99 Å². The summed E-state index contributed by atoms with van der Waals surface area (Å²) >= 11 is 1.80. The molecule has 0 bridgehead atoms. The van der Waals surface area contributed by atoms with Gasteiger partial charge in [0.2, 0.25) is 0 Å². The minimum absolute atomic E-state index is 0. The van der Waals surface area contributed by atoms with Crippen molar-refractivity contribution in [3.8, 4) is 0 Å². The number of guanidine groups is 1. The van der Waals surface area contributed by atoms with E-state index in [0.717, 1.165) is 64.0 Å². The largest absolute Gasteiger partial charge is 0.379 e. The van der Waals surface area contributed by atoms with Crippen LogP contribution in [0.25, 0.3) is 0 Å². The Bertz CT molecular complexity index is 620. The van der Waals surface area contributed by atoms with Crippen LogP contribution in [0, 0.1) is 13.8 Å². The van der Waals surface area contributed by atoms with Crippen molar-refractivity contribution in [2.24, 2.45) is 4.99 Å². The lowest BCUT2D eigenvalue weighted by Crippen LogP contribution is -2.56. The van der Waals surface area contributed by atoms with Crippen LogP contribution >= 0.6 is 35.3 Å². The van der Waals surface area contributed by atoms with Gasteiger partial charge in [-0.15, -0.1) is 35.3 Å². The lowest BCUT2D eigenvalue weighted by molar-refractivity contribution is -0.0333. The molecule has 0 amide bonds. The molecule has 166 valence electrons. The van der Waals surface area contributed by atoms with Crippen molar-refractivity contribution in [3.05, 3.63) is 15.6 Å². The minimum Gasteiger partial charge on any atom is -0.379 e. The SMILES string of the molecule is CCNC(=NCC1(N2CCOCC2)CCCCC1)NCCc1nc(C)c(C)s1.I. The highest BCUT2D eigenvalue weighted by molar-refractivity contribution is 14.0. The lowest BCUT2D eigenvalue weighted by atomic mass is 9.80. The van der Waals surface area contributed by atoms with Crippen molar-refractivity contribution in [2.75, 3.05) is 45.9 Å². The summed E-state index contributed by atoms with van der Waals surface area (Å²) < 4.78 is 5.60. The molecule has 2 N–H and O–H groups in total. The zero-order valence-electron chi connectivity index (χ0n) is 18.3. The van der Waals surface area contributed by atoms with E-state index in [1.807, 2.05) is 0 Å². The summed E-state index contributed by atoms with van der Waals surface area (Å²) in [7, 11) is 0. The lowest BCUT2D eigenvalue weighted by Gasteiger charge is -2.47. The molecule has 3 rings (SSSR count). The topological polar surface area (TPSA) is 61.8 Å². The van der Waals surface area contributed by atoms with Crippen LogP contribution in [0.4, 0.5) is 0 Å². The van der Waals surface area contributed by atoms with E-state index in [9.17, 15) is 0 Å². The summed E-state index contributed by atoms with van der Waals surface area (Å²) in [5.41, 5.74) is 1.37. The monoisotopic (exact) mass is 535 g/mol. The Morgan fingerprint density at radius 3 is 2.52 bits per heavy atom. The number of hydrogen-bond acceptors (Lipinski definition) is 5. The number of aryl methyl sites for hydroxylation is 2. The summed E-state index contributed by atoms with van der Waals surface area (Å²) in [5.74, 6) is 0.936. The third-order valence-electron chi connectivity index (χ3n) is 6.05. The zero-order chi connectivity index (χ0) is 19.8. The number of morpholine rings is 1. The van der Waals surface area contributed by atoms with E-state index in [-0.39, 0.29) is 29.5 Å². The van der Waals surface area contributed by atoms with E-state index < -0.39 is 0 Å². The first-order chi connectivity index (χ1) is 13.6. The highest BCUT2D eigenvalue weighted by Gasteiger charge is 2.38. The van der Waals surface area contributed by atoms with E-state index in [1.54, 1.807) is 11.3 Å². The smallest absolute Gasteiger partial charge is 0.191 e. The number of nitrogens with one attached hydrogen (secondary N) is 2. The van der Waals surface area contributed by atoms with E-state index in [1.165, 1.54) is 42.0 Å². The van der Waals surface area contributed by atoms with Gasteiger partial charge in [-0.05, 0) is 33.6 Å². The molecule has 0 aromatic carbocycles. The molecule has 1 aliphatic carbocycles. The number of aromatic nitrogens is 1. The van der Waals surface area contributed by atoms with Crippen LogP contribution in [0.5, 0.6) is 0 Å². The predicted molar refractivity (Wildman–Crippen MR) is 133 cm³/mol. The molecule has 2 fully saturated rings. The fraction of sp³-hybridized carbons (Fsp3) is 0.810. The highest BCUT2D eigenvalue weighted by Crippen LogP contribution is 2.34. The maximum atomic E-state index is 5.60. The number of aliphatic imine (C=N–C) groups is 1. The van der Waals surface area contributed by atoms with Gasteiger partial charge >= 0.3 is 0 Å². The van der Waals surface area contributed by atoms with Crippen LogP contribution in [0.2, 0.25) is 0 Å². The predicted octanol–water partition coefficient (Wildman–Crippen LogP) is 3.51. The van der Waals surface area contributed by atoms with E-state index in [2.05, 4.69) is 41.3 Å².